The first-order valence-electron chi connectivity index (χ1n) is 6.27. The molecule has 0 bridgehead atoms. The van der Waals surface area contributed by atoms with Crippen molar-refractivity contribution in [2.75, 3.05) is 25.2 Å². The molecule has 1 aliphatic rings. The van der Waals surface area contributed by atoms with Crippen LogP contribution in [0.15, 0.2) is 24.3 Å². The van der Waals surface area contributed by atoms with Crippen molar-refractivity contribution in [3.05, 3.63) is 29.8 Å². The van der Waals surface area contributed by atoms with Gasteiger partial charge in [0.2, 0.25) is 0 Å². The van der Waals surface area contributed by atoms with Gasteiger partial charge in [-0.3, -0.25) is 0 Å². The molecular weight excluding hydrogens is 214 g/mol. The number of ether oxygens (including phenoxy) is 1. The van der Waals surface area contributed by atoms with Crippen LogP contribution in [-0.4, -0.2) is 31.4 Å². The zero-order valence-electron chi connectivity index (χ0n) is 10.6. The monoisotopic (exact) mass is 235 g/mol. The summed E-state index contributed by atoms with van der Waals surface area (Å²) in [5, 5.41) is 9.80. The average molecular weight is 235 g/mol. The van der Waals surface area contributed by atoms with E-state index in [1.165, 1.54) is 0 Å². The van der Waals surface area contributed by atoms with Crippen LogP contribution in [0.4, 0.5) is 5.69 Å². The second kappa shape index (κ2) is 5.52. The topological polar surface area (TPSA) is 32.7 Å². The number of aliphatic hydroxyl groups excluding tert-OH is 1. The number of aliphatic hydroxyl groups is 1. The second-order valence-electron chi connectivity index (χ2n) is 4.69. The molecule has 1 aliphatic heterocycles. The van der Waals surface area contributed by atoms with Crippen LogP contribution in [0.25, 0.3) is 0 Å². The molecule has 17 heavy (non-hydrogen) atoms. The van der Waals surface area contributed by atoms with Crippen LogP contribution >= 0.6 is 0 Å². The van der Waals surface area contributed by atoms with Crippen molar-refractivity contribution in [2.45, 2.75) is 31.9 Å². The number of hydrogen-bond acceptors (Lipinski definition) is 3. The molecule has 0 saturated carbocycles. The lowest BCUT2D eigenvalue weighted by Gasteiger charge is -2.34. The van der Waals surface area contributed by atoms with E-state index >= 15 is 0 Å². The van der Waals surface area contributed by atoms with Gasteiger partial charge in [0.05, 0.1) is 6.10 Å². The standard InChI is InChI=1S/C14H21NO2/c1-11(16)13-5-3-4-6-14(13)15(2)12-7-9-17-10-8-12/h3-6,11-12,16H,7-10H2,1-2H3. The first-order chi connectivity index (χ1) is 8.20. The van der Waals surface area contributed by atoms with Gasteiger partial charge in [-0.2, -0.15) is 0 Å². The van der Waals surface area contributed by atoms with Crippen LogP contribution in [0.3, 0.4) is 0 Å². The summed E-state index contributed by atoms with van der Waals surface area (Å²) in [7, 11) is 2.11. The van der Waals surface area contributed by atoms with Crippen molar-refractivity contribution in [2.24, 2.45) is 0 Å². The van der Waals surface area contributed by atoms with Gasteiger partial charge in [0.15, 0.2) is 0 Å². The van der Waals surface area contributed by atoms with Crippen LogP contribution in [0.1, 0.15) is 31.4 Å². The molecule has 0 amide bonds. The predicted octanol–water partition coefficient (Wildman–Crippen LogP) is 2.36. The van der Waals surface area contributed by atoms with Crippen LogP contribution in [0.5, 0.6) is 0 Å². The Kier molecular flexibility index (Phi) is 4.02. The fourth-order valence-electron chi connectivity index (χ4n) is 2.43. The van der Waals surface area contributed by atoms with Gasteiger partial charge in [-0.15, -0.1) is 0 Å². The van der Waals surface area contributed by atoms with Crippen molar-refractivity contribution >= 4 is 5.69 Å². The van der Waals surface area contributed by atoms with E-state index in [4.69, 9.17) is 4.74 Å². The molecule has 1 atom stereocenters. The van der Waals surface area contributed by atoms with Gasteiger partial charge < -0.3 is 14.7 Å². The zero-order valence-corrected chi connectivity index (χ0v) is 10.6. The fraction of sp³-hybridized carbons (Fsp3) is 0.571. The maximum absolute atomic E-state index is 9.80. The summed E-state index contributed by atoms with van der Waals surface area (Å²) in [6, 6.07) is 8.59. The molecule has 1 unspecified atom stereocenters. The normalized spacial score (nSPS) is 19.0. The summed E-state index contributed by atoms with van der Waals surface area (Å²) in [6.07, 6.45) is 1.70. The summed E-state index contributed by atoms with van der Waals surface area (Å²) in [5.41, 5.74) is 2.14. The van der Waals surface area contributed by atoms with Crippen LogP contribution in [0, 0.1) is 0 Å². The minimum absolute atomic E-state index is 0.423. The highest BCUT2D eigenvalue weighted by Crippen LogP contribution is 2.28. The van der Waals surface area contributed by atoms with Crippen LogP contribution in [0.2, 0.25) is 0 Å². The Balaban J connectivity index is 2.20. The quantitative estimate of drug-likeness (QED) is 0.873. The van der Waals surface area contributed by atoms with Gasteiger partial charge >= 0.3 is 0 Å². The van der Waals surface area contributed by atoms with E-state index in [2.05, 4.69) is 18.0 Å². The number of nitrogens with zero attached hydrogens (tertiary/aromatic N) is 1. The van der Waals surface area contributed by atoms with E-state index < -0.39 is 6.10 Å². The Morgan fingerprint density at radius 2 is 1.94 bits per heavy atom. The molecule has 0 spiro atoms. The molecule has 0 aromatic heterocycles. The molecule has 2 rings (SSSR count). The van der Waals surface area contributed by atoms with Crippen LogP contribution < -0.4 is 4.90 Å². The first kappa shape index (κ1) is 12.4. The Morgan fingerprint density at radius 1 is 1.29 bits per heavy atom. The van der Waals surface area contributed by atoms with Crippen molar-refractivity contribution in [3.63, 3.8) is 0 Å². The minimum atomic E-state index is -0.423. The lowest BCUT2D eigenvalue weighted by atomic mass is 10.0. The van der Waals surface area contributed by atoms with E-state index in [0.717, 1.165) is 37.3 Å². The Bertz CT molecular complexity index is 359. The molecule has 1 fully saturated rings. The molecule has 1 saturated heterocycles. The van der Waals surface area contributed by atoms with Crippen LogP contribution in [-0.2, 0) is 4.74 Å². The third-order valence-corrected chi connectivity index (χ3v) is 3.51. The highest BCUT2D eigenvalue weighted by Gasteiger charge is 2.21. The SMILES string of the molecule is CC(O)c1ccccc1N(C)C1CCOCC1. The van der Waals surface area contributed by atoms with Gasteiger partial charge in [-0.05, 0) is 25.8 Å². The van der Waals surface area contributed by atoms with E-state index in [9.17, 15) is 5.11 Å². The van der Waals surface area contributed by atoms with E-state index in [1.807, 2.05) is 25.1 Å². The van der Waals surface area contributed by atoms with E-state index in [1.54, 1.807) is 0 Å². The summed E-state index contributed by atoms with van der Waals surface area (Å²) in [5.74, 6) is 0. The third kappa shape index (κ3) is 2.79. The molecule has 3 nitrogen and oxygen atoms in total. The summed E-state index contributed by atoms with van der Waals surface area (Å²) >= 11 is 0. The maximum atomic E-state index is 9.80. The zero-order chi connectivity index (χ0) is 12.3. The molecule has 0 radical (unpaired) electrons. The largest absolute Gasteiger partial charge is 0.389 e. The predicted molar refractivity (Wildman–Crippen MR) is 69.3 cm³/mol. The lowest BCUT2D eigenvalue weighted by molar-refractivity contribution is 0.0853. The van der Waals surface area contributed by atoms with Crippen molar-refractivity contribution in [1.29, 1.82) is 0 Å². The number of benzene rings is 1. The molecule has 0 aliphatic carbocycles. The number of anilines is 1. The van der Waals surface area contributed by atoms with Crippen molar-refractivity contribution in [3.8, 4) is 0 Å². The van der Waals surface area contributed by atoms with Gasteiger partial charge in [-0.1, -0.05) is 18.2 Å². The molecule has 1 N–H and O–H groups in total. The van der Waals surface area contributed by atoms with Gasteiger partial charge in [0, 0.05) is 37.6 Å². The Morgan fingerprint density at radius 3 is 2.59 bits per heavy atom. The summed E-state index contributed by atoms with van der Waals surface area (Å²) < 4.78 is 5.39. The third-order valence-electron chi connectivity index (χ3n) is 3.51. The Labute approximate surface area is 103 Å². The summed E-state index contributed by atoms with van der Waals surface area (Å²) in [4.78, 5) is 2.28. The highest BCUT2D eigenvalue weighted by atomic mass is 16.5. The molecule has 1 aromatic carbocycles. The second-order valence-corrected chi connectivity index (χ2v) is 4.69. The number of hydrogen-bond donors (Lipinski definition) is 1. The van der Waals surface area contributed by atoms with Gasteiger partial charge in [-0.25, -0.2) is 0 Å². The average Bonchev–Trinajstić information content (AvgIpc) is 2.39. The number of para-hydroxylation sites is 1. The smallest absolute Gasteiger partial charge is 0.0781 e. The molecule has 1 heterocycles. The maximum Gasteiger partial charge on any atom is 0.0781 e. The number of rotatable bonds is 3. The molecule has 3 heteroatoms. The highest BCUT2D eigenvalue weighted by molar-refractivity contribution is 5.54. The first-order valence-corrected chi connectivity index (χ1v) is 6.27. The fourth-order valence-corrected chi connectivity index (χ4v) is 2.43. The van der Waals surface area contributed by atoms with E-state index in [-0.39, 0.29) is 0 Å². The minimum Gasteiger partial charge on any atom is -0.389 e. The summed E-state index contributed by atoms with van der Waals surface area (Å²) in [6.45, 7) is 3.49. The van der Waals surface area contributed by atoms with Crippen molar-refractivity contribution < 1.29 is 9.84 Å². The molecular formula is C14H21NO2. The Hall–Kier alpha value is -1.06. The van der Waals surface area contributed by atoms with Gasteiger partial charge in [0.25, 0.3) is 0 Å². The van der Waals surface area contributed by atoms with Crippen molar-refractivity contribution in [1.82, 2.24) is 0 Å². The molecule has 1 aromatic rings. The lowest BCUT2D eigenvalue weighted by Crippen LogP contribution is -2.37. The van der Waals surface area contributed by atoms with Gasteiger partial charge in [0.1, 0.15) is 0 Å². The molecule has 94 valence electrons. The van der Waals surface area contributed by atoms with E-state index in [0.29, 0.717) is 6.04 Å².